The summed E-state index contributed by atoms with van der Waals surface area (Å²) in [5.41, 5.74) is 11.8. The third-order valence-electron chi connectivity index (χ3n) is 2.74. The third-order valence-corrected chi connectivity index (χ3v) is 2.74. The lowest BCUT2D eigenvalue weighted by Crippen LogP contribution is -2.39. The van der Waals surface area contributed by atoms with Crippen molar-refractivity contribution < 1.29 is 4.74 Å². The molecule has 0 atom stereocenters. The SMILES string of the molecule is Nc1ncnc(NCCN2CCOCC2)c1N. The van der Waals surface area contributed by atoms with Crippen molar-refractivity contribution >= 4 is 17.3 Å². The van der Waals surface area contributed by atoms with Crippen molar-refractivity contribution in [2.24, 2.45) is 0 Å². The van der Waals surface area contributed by atoms with E-state index < -0.39 is 0 Å². The average molecular weight is 238 g/mol. The van der Waals surface area contributed by atoms with E-state index in [1.165, 1.54) is 6.33 Å². The molecule has 7 nitrogen and oxygen atoms in total. The predicted octanol–water partition coefficient (Wildman–Crippen LogP) is -0.615. The number of hydrogen-bond acceptors (Lipinski definition) is 7. The van der Waals surface area contributed by atoms with Crippen LogP contribution < -0.4 is 16.8 Å². The maximum Gasteiger partial charge on any atom is 0.154 e. The average Bonchev–Trinajstić information content (AvgIpc) is 2.36. The van der Waals surface area contributed by atoms with Crippen molar-refractivity contribution in [1.29, 1.82) is 0 Å². The van der Waals surface area contributed by atoms with Gasteiger partial charge in [-0.2, -0.15) is 0 Å². The normalized spacial score (nSPS) is 16.9. The first kappa shape index (κ1) is 11.9. The van der Waals surface area contributed by atoms with Gasteiger partial charge in [0.2, 0.25) is 0 Å². The van der Waals surface area contributed by atoms with E-state index >= 15 is 0 Å². The standard InChI is InChI=1S/C10H18N6O/c11-8-9(12)14-7-15-10(8)13-1-2-16-3-5-17-6-4-16/h7H,1-6,11H2,(H3,12,13,14,15). The minimum absolute atomic E-state index is 0.314. The lowest BCUT2D eigenvalue weighted by atomic mass is 10.4. The Morgan fingerprint density at radius 3 is 2.82 bits per heavy atom. The van der Waals surface area contributed by atoms with Crippen LogP contribution in [0.3, 0.4) is 0 Å². The molecular weight excluding hydrogens is 220 g/mol. The van der Waals surface area contributed by atoms with Gasteiger partial charge in [-0.25, -0.2) is 9.97 Å². The number of hydrogen-bond donors (Lipinski definition) is 3. The summed E-state index contributed by atoms with van der Waals surface area (Å²) in [5, 5.41) is 3.16. The summed E-state index contributed by atoms with van der Waals surface area (Å²) in [6.45, 7) is 5.28. The molecule has 2 heterocycles. The van der Waals surface area contributed by atoms with Gasteiger partial charge in [0, 0.05) is 26.2 Å². The summed E-state index contributed by atoms with van der Waals surface area (Å²) in [4.78, 5) is 10.2. The maximum absolute atomic E-state index is 5.76. The van der Waals surface area contributed by atoms with Crippen LogP contribution in [0.15, 0.2) is 6.33 Å². The Hall–Kier alpha value is -1.60. The molecule has 0 bridgehead atoms. The zero-order chi connectivity index (χ0) is 12.1. The van der Waals surface area contributed by atoms with Gasteiger partial charge in [0.1, 0.15) is 12.0 Å². The highest BCUT2D eigenvalue weighted by molar-refractivity contribution is 5.72. The molecule has 5 N–H and O–H groups in total. The number of morpholine rings is 1. The van der Waals surface area contributed by atoms with Crippen LogP contribution in [0, 0.1) is 0 Å². The fourth-order valence-electron chi connectivity index (χ4n) is 1.71. The summed E-state index contributed by atoms with van der Waals surface area (Å²) in [6, 6.07) is 0. The van der Waals surface area contributed by atoms with Crippen molar-refractivity contribution in [2.75, 3.05) is 56.2 Å². The van der Waals surface area contributed by atoms with Crippen molar-refractivity contribution in [2.45, 2.75) is 0 Å². The summed E-state index contributed by atoms with van der Waals surface area (Å²) in [6.07, 6.45) is 1.41. The van der Waals surface area contributed by atoms with E-state index in [4.69, 9.17) is 16.2 Å². The summed E-state index contributed by atoms with van der Waals surface area (Å²) < 4.78 is 5.28. The second-order valence-corrected chi connectivity index (χ2v) is 3.90. The Bertz CT molecular complexity index is 366. The first-order valence-corrected chi connectivity index (χ1v) is 5.67. The number of anilines is 3. The summed E-state index contributed by atoms with van der Waals surface area (Å²) in [5.74, 6) is 0.916. The van der Waals surface area contributed by atoms with E-state index in [2.05, 4.69) is 20.2 Å². The van der Waals surface area contributed by atoms with Gasteiger partial charge in [-0.05, 0) is 0 Å². The van der Waals surface area contributed by atoms with Gasteiger partial charge in [-0.15, -0.1) is 0 Å². The van der Waals surface area contributed by atoms with Crippen molar-refractivity contribution in [3.8, 4) is 0 Å². The molecule has 0 amide bonds. The van der Waals surface area contributed by atoms with Crippen LogP contribution in [0.1, 0.15) is 0 Å². The van der Waals surface area contributed by atoms with Gasteiger partial charge in [0.05, 0.1) is 13.2 Å². The van der Waals surface area contributed by atoms with E-state index in [9.17, 15) is 0 Å². The molecule has 17 heavy (non-hydrogen) atoms. The topological polar surface area (TPSA) is 102 Å². The number of nitrogen functional groups attached to an aromatic ring is 2. The lowest BCUT2D eigenvalue weighted by Gasteiger charge is -2.26. The summed E-state index contributed by atoms with van der Waals surface area (Å²) in [7, 11) is 0. The van der Waals surface area contributed by atoms with Crippen LogP contribution in [0.4, 0.5) is 17.3 Å². The minimum Gasteiger partial charge on any atom is -0.393 e. The molecule has 1 aliphatic heterocycles. The Labute approximate surface area is 100 Å². The monoisotopic (exact) mass is 238 g/mol. The second-order valence-electron chi connectivity index (χ2n) is 3.90. The van der Waals surface area contributed by atoms with Gasteiger partial charge in [-0.3, -0.25) is 4.90 Å². The number of nitrogens with zero attached hydrogens (tertiary/aromatic N) is 3. The number of rotatable bonds is 4. The van der Waals surface area contributed by atoms with Crippen LogP contribution in [0.5, 0.6) is 0 Å². The molecule has 94 valence electrons. The molecule has 0 saturated carbocycles. The van der Waals surface area contributed by atoms with Crippen molar-refractivity contribution in [3.05, 3.63) is 6.33 Å². The molecule has 0 radical (unpaired) electrons. The van der Waals surface area contributed by atoms with Crippen molar-refractivity contribution in [1.82, 2.24) is 14.9 Å². The lowest BCUT2D eigenvalue weighted by molar-refractivity contribution is 0.0398. The molecule has 0 unspecified atom stereocenters. The maximum atomic E-state index is 5.76. The minimum atomic E-state index is 0.314. The van der Waals surface area contributed by atoms with Gasteiger partial charge < -0.3 is 21.5 Å². The smallest absolute Gasteiger partial charge is 0.154 e. The van der Waals surface area contributed by atoms with Gasteiger partial charge in [-0.1, -0.05) is 0 Å². The third kappa shape index (κ3) is 3.18. The van der Waals surface area contributed by atoms with Crippen LogP contribution in [-0.4, -0.2) is 54.3 Å². The summed E-state index contributed by atoms with van der Waals surface area (Å²) >= 11 is 0. The Balaban J connectivity index is 1.79. The zero-order valence-corrected chi connectivity index (χ0v) is 9.72. The quantitative estimate of drug-likeness (QED) is 0.642. The fourth-order valence-corrected chi connectivity index (χ4v) is 1.71. The van der Waals surface area contributed by atoms with E-state index in [1.807, 2.05) is 0 Å². The van der Waals surface area contributed by atoms with Crippen LogP contribution in [0.2, 0.25) is 0 Å². The first-order valence-electron chi connectivity index (χ1n) is 5.67. The Morgan fingerprint density at radius 1 is 1.29 bits per heavy atom. The highest BCUT2D eigenvalue weighted by Crippen LogP contribution is 2.18. The molecule has 2 rings (SSSR count). The number of nitrogens with two attached hydrogens (primary N) is 2. The highest BCUT2D eigenvalue weighted by atomic mass is 16.5. The Kier molecular flexibility index (Phi) is 3.94. The number of ether oxygens (including phenoxy) is 1. The first-order chi connectivity index (χ1) is 8.27. The highest BCUT2D eigenvalue weighted by Gasteiger charge is 2.10. The molecule has 7 heteroatoms. The second kappa shape index (κ2) is 5.65. The zero-order valence-electron chi connectivity index (χ0n) is 9.72. The predicted molar refractivity (Wildman–Crippen MR) is 66.6 cm³/mol. The van der Waals surface area contributed by atoms with Gasteiger partial charge in [0.15, 0.2) is 11.6 Å². The van der Waals surface area contributed by atoms with E-state index in [0.717, 1.165) is 39.4 Å². The Morgan fingerprint density at radius 2 is 2.06 bits per heavy atom. The van der Waals surface area contributed by atoms with Crippen LogP contribution >= 0.6 is 0 Å². The molecule has 0 spiro atoms. The molecular formula is C10H18N6O. The van der Waals surface area contributed by atoms with E-state index in [0.29, 0.717) is 17.3 Å². The number of nitrogens with one attached hydrogen (secondary N) is 1. The number of aromatic nitrogens is 2. The molecule has 0 aromatic carbocycles. The molecule has 1 fully saturated rings. The molecule has 0 aliphatic carbocycles. The van der Waals surface area contributed by atoms with E-state index in [-0.39, 0.29) is 0 Å². The molecule has 1 aromatic rings. The van der Waals surface area contributed by atoms with E-state index in [1.54, 1.807) is 0 Å². The fraction of sp³-hybridized carbons (Fsp3) is 0.600. The molecule has 1 aromatic heterocycles. The van der Waals surface area contributed by atoms with Crippen LogP contribution in [0.25, 0.3) is 0 Å². The van der Waals surface area contributed by atoms with Crippen LogP contribution in [-0.2, 0) is 4.74 Å². The van der Waals surface area contributed by atoms with Gasteiger partial charge >= 0.3 is 0 Å². The largest absolute Gasteiger partial charge is 0.393 e. The van der Waals surface area contributed by atoms with Gasteiger partial charge in [0.25, 0.3) is 0 Å². The molecule has 1 aliphatic rings. The van der Waals surface area contributed by atoms with Crippen molar-refractivity contribution in [3.63, 3.8) is 0 Å². The molecule has 1 saturated heterocycles.